The van der Waals surface area contributed by atoms with E-state index in [2.05, 4.69) is 6.92 Å². The number of rotatable bonds is 0. The van der Waals surface area contributed by atoms with E-state index in [-0.39, 0.29) is 5.41 Å². The monoisotopic (exact) mass is 182 g/mol. The molecule has 0 amide bonds. The van der Waals surface area contributed by atoms with Crippen molar-refractivity contribution < 1.29 is 10.2 Å². The van der Waals surface area contributed by atoms with E-state index in [4.69, 9.17) is 0 Å². The quantitative estimate of drug-likeness (QED) is 0.593. The van der Waals surface area contributed by atoms with Crippen molar-refractivity contribution in [2.45, 2.75) is 50.7 Å². The van der Waals surface area contributed by atoms with Crippen molar-refractivity contribution in [1.82, 2.24) is 0 Å². The minimum atomic E-state index is -0.723. The highest BCUT2D eigenvalue weighted by molar-refractivity contribution is 5.12. The Morgan fingerprint density at radius 2 is 1.62 bits per heavy atom. The summed E-state index contributed by atoms with van der Waals surface area (Å²) in [4.78, 5) is 0. The maximum absolute atomic E-state index is 10.3. The normalized spacial score (nSPS) is 64.4. The van der Waals surface area contributed by atoms with E-state index in [1.165, 1.54) is 6.42 Å². The lowest BCUT2D eigenvalue weighted by Gasteiger charge is -2.62. The van der Waals surface area contributed by atoms with Gasteiger partial charge in [-0.15, -0.1) is 0 Å². The molecule has 2 N–H and O–H groups in total. The summed E-state index contributed by atoms with van der Waals surface area (Å²) in [6.07, 6.45) is 4.79. The van der Waals surface area contributed by atoms with Crippen molar-refractivity contribution in [3.05, 3.63) is 0 Å². The van der Waals surface area contributed by atoms with Crippen LogP contribution in [0, 0.1) is 17.3 Å². The zero-order valence-corrected chi connectivity index (χ0v) is 8.16. The number of hydrogen-bond donors (Lipinski definition) is 2. The SMILES string of the molecule is CC12CC3CC(C1)CC(O)(C3)C2O. The summed E-state index contributed by atoms with van der Waals surface area (Å²) in [6.45, 7) is 2.15. The molecular formula is C11H18O2. The van der Waals surface area contributed by atoms with Gasteiger partial charge in [-0.3, -0.25) is 0 Å². The Kier molecular flexibility index (Phi) is 1.34. The minimum absolute atomic E-state index is 0.0266. The predicted molar refractivity (Wildman–Crippen MR) is 49.1 cm³/mol. The van der Waals surface area contributed by atoms with Crippen molar-refractivity contribution in [2.75, 3.05) is 0 Å². The van der Waals surface area contributed by atoms with E-state index in [9.17, 15) is 10.2 Å². The lowest BCUT2D eigenvalue weighted by atomic mass is 9.47. The van der Waals surface area contributed by atoms with Crippen LogP contribution in [0.5, 0.6) is 0 Å². The van der Waals surface area contributed by atoms with Gasteiger partial charge in [-0.25, -0.2) is 0 Å². The van der Waals surface area contributed by atoms with Crippen molar-refractivity contribution in [3.8, 4) is 0 Å². The van der Waals surface area contributed by atoms with Crippen LogP contribution in [-0.4, -0.2) is 21.9 Å². The van der Waals surface area contributed by atoms with Crippen molar-refractivity contribution in [2.24, 2.45) is 17.3 Å². The van der Waals surface area contributed by atoms with Gasteiger partial charge in [0.2, 0.25) is 0 Å². The van der Waals surface area contributed by atoms with Gasteiger partial charge in [0.1, 0.15) is 0 Å². The third-order valence-electron chi connectivity index (χ3n) is 4.63. The molecule has 4 aliphatic rings. The van der Waals surface area contributed by atoms with Crippen LogP contribution in [-0.2, 0) is 0 Å². The molecule has 4 bridgehead atoms. The molecule has 4 rings (SSSR count). The molecule has 0 aromatic rings. The van der Waals surface area contributed by atoms with Crippen molar-refractivity contribution in [3.63, 3.8) is 0 Å². The minimum Gasteiger partial charge on any atom is -0.390 e. The van der Waals surface area contributed by atoms with Crippen LogP contribution in [0.4, 0.5) is 0 Å². The van der Waals surface area contributed by atoms with Gasteiger partial charge in [0, 0.05) is 0 Å². The molecule has 4 fully saturated rings. The van der Waals surface area contributed by atoms with E-state index in [0.717, 1.165) is 25.7 Å². The fourth-order valence-corrected chi connectivity index (χ4v) is 4.53. The molecule has 4 saturated carbocycles. The summed E-state index contributed by atoms with van der Waals surface area (Å²) >= 11 is 0. The Morgan fingerprint density at radius 3 is 2.08 bits per heavy atom. The van der Waals surface area contributed by atoms with Gasteiger partial charge in [0.25, 0.3) is 0 Å². The second kappa shape index (κ2) is 2.12. The average molecular weight is 182 g/mol. The largest absolute Gasteiger partial charge is 0.390 e. The Labute approximate surface area is 79.0 Å². The fourth-order valence-electron chi connectivity index (χ4n) is 4.53. The maximum atomic E-state index is 10.3. The molecule has 74 valence electrons. The first-order valence-electron chi connectivity index (χ1n) is 5.42. The van der Waals surface area contributed by atoms with Crippen LogP contribution >= 0.6 is 0 Å². The molecule has 3 unspecified atom stereocenters. The summed E-state index contributed by atoms with van der Waals surface area (Å²) in [5.41, 5.74) is -0.697. The van der Waals surface area contributed by atoms with Crippen LogP contribution in [0.25, 0.3) is 0 Å². The number of aliphatic hydroxyl groups is 2. The first-order valence-corrected chi connectivity index (χ1v) is 5.42. The zero-order chi connectivity index (χ0) is 9.27. The number of aliphatic hydroxyl groups excluding tert-OH is 1. The molecule has 2 heteroatoms. The van der Waals surface area contributed by atoms with E-state index < -0.39 is 11.7 Å². The molecule has 0 heterocycles. The average Bonchev–Trinajstić information content (AvgIpc) is 1.97. The second-order valence-corrected chi connectivity index (χ2v) is 5.94. The molecule has 0 spiro atoms. The second-order valence-electron chi connectivity index (χ2n) is 5.94. The molecule has 13 heavy (non-hydrogen) atoms. The standard InChI is InChI=1S/C11H18O2/c1-10-3-7-2-8(4-10)6-11(13,5-7)9(10)12/h7-9,12-13H,2-6H2,1H3. The Bertz CT molecular complexity index is 212. The van der Waals surface area contributed by atoms with Crippen LogP contribution in [0.1, 0.15) is 39.0 Å². The first kappa shape index (κ1) is 8.25. The lowest BCUT2D eigenvalue weighted by Crippen LogP contribution is -2.64. The van der Waals surface area contributed by atoms with Crippen LogP contribution < -0.4 is 0 Å². The molecule has 0 saturated heterocycles. The van der Waals surface area contributed by atoms with Crippen LogP contribution in [0.2, 0.25) is 0 Å². The van der Waals surface area contributed by atoms with Gasteiger partial charge in [-0.1, -0.05) is 6.92 Å². The highest BCUT2D eigenvalue weighted by Gasteiger charge is 2.61. The Hall–Kier alpha value is -0.0800. The number of hydrogen-bond acceptors (Lipinski definition) is 2. The maximum Gasteiger partial charge on any atom is 0.0916 e. The van der Waals surface area contributed by atoms with Gasteiger partial charge in [-0.2, -0.15) is 0 Å². The third-order valence-corrected chi connectivity index (χ3v) is 4.63. The van der Waals surface area contributed by atoms with Crippen molar-refractivity contribution >= 4 is 0 Å². The van der Waals surface area contributed by atoms with Gasteiger partial charge in [0.05, 0.1) is 11.7 Å². The molecule has 0 aliphatic heterocycles. The van der Waals surface area contributed by atoms with E-state index in [1.807, 2.05) is 0 Å². The molecule has 0 aromatic heterocycles. The smallest absolute Gasteiger partial charge is 0.0916 e. The molecule has 0 aromatic carbocycles. The van der Waals surface area contributed by atoms with Gasteiger partial charge in [0.15, 0.2) is 0 Å². The first-order chi connectivity index (χ1) is 6.02. The van der Waals surface area contributed by atoms with Gasteiger partial charge in [-0.05, 0) is 49.4 Å². The topological polar surface area (TPSA) is 40.5 Å². The van der Waals surface area contributed by atoms with E-state index in [1.54, 1.807) is 0 Å². The summed E-state index contributed by atoms with van der Waals surface area (Å²) in [6, 6.07) is 0. The van der Waals surface area contributed by atoms with Crippen molar-refractivity contribution in [1.29, 1.82) is 0 Å². The molecule has 2 nitrogen and oxygen atoms in total. The summed E-state index contributed by atoms with van der Waals surface area (Å²) in [7, 11) is 0. The summed E-state index contributed by atoms with van der Waals surface area (Å²) in [5.74, 6) is 1.37. The van der Waals surface area contributed by atoms with Gasteiger partial charge >= 0.3 is 0 Å². The summed E-state index contributed by atoms with van der Waals surface area (Å²) < 4.78 is 0. The molecular weight excluding hydrogens is 164 g/mol. The fraction of sp³-hybridized carbons (Fsp3) is 1.00. The van der Waals surface area contributed by atoms with Gasteiger partial charge < -0.3 is 10.2 Å². The molecule has 0 radical (unpaired) electrons. The molecule has 4 aliphatic carbocycles. The Morgan fingerprint density at radius 1 is 1.08 bits per heavy atom. The van der Waals surface area contributed by atoms with Crippen LogP contribution in [0.15, 0.2) is 0 Å². The molecule has 3 atom stereocenters. The third kappa shape index (κ3) is 0.909. The highest BCUT2D eigenvalue weighted by Crippen LogP contribution is 2.61. The predicted octanol–water partition coefficient (Wildman–Crippen LogP) is 1.31. The zero-order valence-electron chi connectivity index (χ0n) is 8.16. The van der Waals surface area contributed by atoms with E-state index >= 15 is 0 Å². The van der Waals surface area contributed by atoms with E-state index in [0.29, 0.717) is 11.8 Å². The highest BCUT2D eigenvalue weighted by atomic mass is 16.3. The summed E-state index contributed by atoms with van der Waals surface area (Å²) in [5, 5.41) is 20.4. The lowest BCUT2D eigenvalue weighted by molar-refractivity contribution is -0.237. The van der Waals surface area contributed by atoms with Crippen LogP contribution in [0.3, 0.4) is 0 Å². The Balaban J connectivity index is 2.03.